The van der Waals surface area contributed by atoms with Crippen LogP contribution in [0.1, 0.15) is 5.56 Å². The minimum atomic E-state index is -4.81. The van der Waals surface area contributed by atoms with Crippen molar-refractivity contribution in [3.8, 4) is 17.0 Å². The number of pyridine rings is 1. The van der Waals surface area contributed by atoms with Crippen LogP contribution in [0.25, 0.3) is 11.3 Å². The number of anilines is 1. The lowest BCUT2D eigenvalue weighted by atomic mass is 10.1. The van der Waals surface area contributed by atoms with Gasteiger partial charge in [-0.2, -0.15) is 0 Å². The van der Waals surface area contributed by atoms with E-state index in [9.17, 15) is 18.0 Å². The van der Waals surface area contributed by atoms with Crippen LogP contribution in [-0.4, -0.2) is 17.4 Å². The minimum Gasteiger partial charge on any atom is -0.406 e. The Bertz CT molecular complexity index is 1100. The lowest BCUT2D eigenvalue weighted by molar-refractivity contribution is -0.274. The van der Waals surface area contributed by atoms with Crippen molar-refractivity contribution < 1.29 is 22.7 Å². The first-order valence-corrected chi connectivity index (χ1v) is 9.82. The van der Waals surface area contributed by atoms with Gasteiger partial charge in [0.25, 0.3) is 0 Å². The monoisotopic (exact) mass is 487 g/mol. The molecule has 31 heavy (non-hydrogen) atoms. The van der Waals surface area contributed by atoms with Crippen LogP contribution in [0.4, 0.5) is 23.7 Å². The van der Waals surface area contributed by atoms with Crippen LogP contribution in [0.15, 0.2) is 60.8 Å². The maximum Gasteiger partial charge on any atom is 0.573 e. The van der Waals surface area contributed by atoms with E-state index < -0.39 is 12.4 Å². The number of alkyl halides is 3. The van der Waals surface area contributed by atoms with Crippen LogP contribution in [0.3, 0.4) is 0 Å². The lowest BCUT2D eigenvalue weighted by Gasteiger charge is -2.19. The van der Waals surface area contributed by atoms with E-state index in [1.165, 1.54) is 24.4 Å². The molecule has 0 saturated carbocycles. The molecule has 3 aromatic rings. The number of nitrogens with one attached hydrogen (secondary N) is 1. The van der Waals surface area contributed by atoms with Gasteiger partial charge in [0, 0.05) is 18.3 Å². The Hall–Kier alpha value is -2.62. The molecule has 1 aromatic heterocycles. The third kappa shape index (κ3) is 5.96. The lowest BCUT2D eigenvalue weighted by Crippen LogP contribution is -2.33. The molecule has 0 atom stereocenters. The molecule has 2 amide bonds. The zero-order valence-electron chi connectivity index (χ0n) is 15.5. The predicted octanol–water partition coefficient (Wildman–Crippen LogP) is 6.52. The van der Waals surface area contributed by atoms with Gasteiger partial charge in [0.05, 0.1) is 21.4 Å². The zero-order valence-corrected chi connectivity index (χ0v) is 17.9. The Balaban J connectivity index is 1.78. The van der Waals surface area contributed by atoms with Crippen LogP contribution in [0.5, 0.6) is 5.75 Å². The highest BCUT2D eigenvalue weighted by Crippen LogP contribution is 2.33. The molecule has 0 spiro atoms. The highest BCUT2D eigenvalue weighted by atomic mass is 35.5. The number of aromatic nitrogens is 1. The van der Waals surface area contributed by atoms with E-state index >= 15 is 0 Å². The average molecular weight is 488 g/mol. The van der Waals surface area contributed by atoms with Gasteiger partial charge in [-0.3, -0.25) is 4.98 Å². The van der Waals surface area contributed by atoms with Gasteiger partial charge in [-0.25, -0.2) is 9.10 Å². The van der Waals surface area contributed by atoms with Crippen molar-refractivity contribution in [1.82, 2.24) is 10.3 Å². The molecule has 0 aliphatic heterocycles. The second kappa shape index (κ2) is 9.67. The molecule has 1 N–H and O–H groups in total. The molecule has 1 heterocycles. The summed E-state index contributed by atoms with van der Waals surface area (Å²) in [6.45, 7) is 0.0294. The molecule has 0 saturated heterocycles. The van der Waals surface area contributed by atoms with Crippen molar-refractivity contribution in [3.63, 3.8) is 0 Å². The fraction of sp³-hybridized carbons (Fsp3) is 0.100. The number of carbonyl (C=O) groups is 1. The summed E-state index contributed by atoms with van der Waals surface area (Å²) in [5, 5.41) is 3.09. The molecule has 0 aliphatic rings. The van der Waals surface area contributed by atoms with Crippen LogP contribution in [-0.2, 0) is 6.54 Å². The SMILES string of the molecule is O=C(NCc1cccnc1-c1cccc(OC(F)(F)F)c1)N(S)c1cccc(Cl)c1Cl. The molecular weight excluding hydrogens is 474 g/mol. The molecule has 0 aliphatic carbocycles. The molecule has 162 valence electrons. The molecule has 0 fully saturated rings. The molecule has 2 aromatic carbocycles. The Morgan fingerprint density at radius 3 is 2.61 bits per heavy atom. The summed E-state index contributed by atoms with van der Waals surface area (Å²) >= 11 is 16.2. The van der Waals surface area contributed by atoms with Gasteiger partial charge >= 0.3 is 12.4 Å². The Morgan fingerprint density at radius 2 is 1.87 bits per heavy atom. The highest BCUT2D eigenvalue weighted by molar-refractivity contribution is 7.82. The number of urea groups is 1. The number of halogens is 5. The fourth-order valence-electron chi connectivity index (χ4n) is 2.69. The van der Waals surface area contributed by atoms with Crippen molar-refractivity contribution >= 4 is 47.7 Å². The molecular formula is C20H14Cl2F3N3O2S. The second-order valence-electron chi connectivity index (χ2n) is 6.13. The number of carbonyl (C=O) groups excluding carboxylic acids is 1. The summed E-state index contributed by atoms with van der Waals surface area (Å²) in [7, 11) is 0. The normalized spacial score (nSPS) is 11.2. The molecule has 0 unspecified atom stereocenters. The van der Waals surface area contributed by atoms with Crippen LogP contribution >= 0.6 is 36.0 Å². The number of ether oxygens (including phenoxy) is 1. The van der Waals surface area contributed by atoms with Gasteiger partial charge in [-0.15, -0.1) is 13.2 Å². The third-order valence-corrected chi connectivity index (χ3v) is 5.22. The largest absolute Gasteiger partial charge is 0.573 e. The van der Waals surface area contributed by atoms with Crippen molar-refractivity contribution in [2.24, 2.45) is 0 Å². The number of rotatable bonds is 5. The quantitative estimate of drug-likeness (QED) is 0.403. The first-order valence-electron chi connectivity index (χ1n) is 8.66. The molecule has 5 nitrogen and oxygen atoms in total. The van der Waals surface area contributed by atoms with Gasteiger partial charge in [0.1, 0.15) is 5.75 Å². The Labute approximate surface area is 191 Å². The fourth-order valence-corrected chi connectivity index (χ4v) is 3.37. The number of nitrogens with zero attached hydrogens (tertiary/aromatic N) is 2. The first-order chi connectivity index (χ1) is 14.7. The van der Waals surface area contributed by atoms with E-state index in [1.54, 1.807) is 36.4 Å². The molecule has 0 bridgehead atoms. The standard InChI is InChI=1S/C20H14Cl2F3N3O2S/c21-15-7-2-8-16(17(15)22)28(31)19(29)27-11-13-5-3-9-26-18(13)12-4-1-6-14(10-12)30-20(23,24)25/h1-10,31H,11H2,(H,27,29). The molecule has 3 rings (SSSR count). The Kier molecular flexibility index (Phi) is 7.19. The summed E-state index contributed by atoms with van der Waals surface area (Å²) < 4.78 is 42.5. The second-order valence-corrected chi connectivity index (χ2v) is 7.32. The van der Waals surface area contributed by atoms with Crippen molar-refractivity contribution in [1.29, 1.82) is 0 Å². The molecule has 11 heteroatoms. The van der Waals surface area contributed by atoms with E-state index in [1.807, 2.05) is 0 Å². The van der Waals surface area contributed by atoms with Gasteiger partial charge in [0.15, 0.2) is 0 Å². The first kappa shape index (κ1) is 23.1. The number of benzene rings is 2. The van der Waals surface area contributed by atoms with E-state index in [4.69, 9.17) is 23.2 Å². The zero-order chi connectivity index (χ0) is 22.6. The number of amides is 2. The summed E-state index contributed by atoms with van der Waals surface area (Å²) in [4.78, 5) is 16.7. The summed E-state index contributed by atoms with van der Waals surface area (Å²) in [6.07, 6.45) is -3.31. The van der Waals surface area contributed by atoms with Crippen molar-refractivity contribution in [3.05, 3.63) is 76.4 Å². The summed E-state index contributed by atoms with van der Waals surface area (Å²) in [6, 6.07) is 12.9. The van der Waals surface area contributed by atoms with Crippen molar-refractivity contribution in [2.75, 3.05) is 4.31 Å². The topological polar surface area (TPSA) is 54.5 Å². The predicted molar refractivity (Wildman–Crippen MR) is 117 cm³/mol. The maximum atomic E-state index is 12.5. The van der Waals surface area contributed by atoms with E-state index in [2.05, 4.69) is 27.9 Å². The summed E-state index contributed by atoms with van der Waals surface area (Å²) in [5.41, 5.74) is 1.64. The number of hydrogen-bond acceptors (Lipinski definition) is 4. The van der Waals surface area contributed by atoms with Gasteiger partial charge in [-0.05, 0) is 35.9 Å². The number of thiol groups is 1. The van der Waals surface area contributed by atoms with Crippen LogP contribution in [0.2, 0.25) is 10.0 Å². The van der Waals surface area contributed by atoms with Gasteiger partial charge in [0.2, 0.25) is 0 Å². The Morgan fingerprint density at radius 1 is 1.13 bits per heavy atom. The van der Waals surface area contributed by atoms with Gasteiger partial charge < -0.3 is 10.1 Å². The van der Waals surface area contributed by atoms with Crippen LogP contribution < -0.4 is 14.4 Å². The smallest absolute Gasteiger partial charge is 0.406 e. The summed E-state index contributed by atoms with van der Waals surface area (Å²) in [5.74, 6) is -0.372. The molecule has 0 radical (unpaired) electrons. The third-order valence-electron chi connectivity index (χ3n) is 4.01. The number of hydrogen-bond donors (Lipinski definition) is 2. The van der Waals surface area contributed by atoms with Crippen LogP contribution in [0, 0.1) is 0 Å². The van der Waals surface area contributed by atoms with Crippen molar-refractivity contribution in [2.45, 2.75) is 12.9 Å². The van der Waals surface area contributed by atoms with E-state index in [0.29, 0.717) is 22.5 Å². The minimum absolute atomic E-state index is 0.0294. The van der Waals surface area contributed by atoms with E-state index in [0.717, 1.165) is 4.31 Å². The maximum absolute atomic E-state index is 12.5. The van der Waals surface area contributed by atoms with E-state index in [-0.39, 0.29) is 22.3 Å². The highest BCUT2D eigenvalue weighted by Gasteiger charge is 2.31. The average Bonchev–Trinajstić information content (AvgIpc) is 2.72. The van der Waals surface area contributed by atoms with Gasteiger partial charge in [-0.1, -0.05) is 60.3 Å².